The molecular weight excluding hydrogens is 328 g/mol. The fourth-order valence-electron chi connectivity index (χ4n) is 3.42. The minimum atomic E-state index is -0.117. The van der Waals surface area contributed by atoms with E-state index in [9.17, 15) is 9.59 Å². The molecule has 0 spiro atoms. The fourth-order valence-corrected chi connectivity index (χ4v) is 3.42. The number of nitrogens with one attached hydrogen (secondary N) is 1. The Kier molecular flexibility index (Phi) is 4.11. The van der Waals surface area contributed by atoms with E-state index in [1.807, 2.05) is 50.2 Å². The van der Waals surface area contributed by atoms with Gasteiger partial charge in [-0.2, -0.15) is 0 Å². The van der Waals surface area contributed by atoms with E-state index in [1.54, 1.807) is 4.90 Å². The van der Waals surface area contributed by atoms with Gasteiger partial charge in [-0.05, 0) is 12.0 Å². The third-order valence-corrected chi connectivity index (χ3v) is 5.19. The van der Waals surface area contributed by atoms with E-state index in [0.717, 1.165) is 23.4 Å². The molecule has 6 nitrogen and oxygen atoms in total. The van der Waals surface area contributed by atoms with E-state index < -0.39 is 0 Å². The SMILES string of the molecule is CC[C@H](C)C(=O)N1CCc2nc3cc(-c4ccccc4)[nH]n3c(=O)c2C1. The van der Waals surface area contributed by atoms with Crippen LogP contribution < -0.4 is 5.56 Å². The van der Waals surface area contributed by atoms with Crippen molar-refractivity contribution in [2.45, 2.75) is 33.2 Å². The van der Waals surface area contributed by atoms with Gasteiger partial charge < -0.3 is 4.90 Å². The lowest BCUT2D eigenvalue weighted by Crippen LogP contribution is -2.42. The molecule has 0 aliphatic carbocycles. The Labute approximate surface area is 151 Å². The summed E-state index contributed by atoms with van der Waals surface area (Å²) < 4.78 is 1.48. The smallest absolute Gasteiger partial charge is 0.277 e. The van der Waals surface area contributed by atoms with Gasteiger partial charge in [0.2, 0.25) is 5.91 Å². The number of carbonyl (C=O) groups excluding carboxylic acids is 1. The maximum absolute atomic E-state index is 13.0. The quantitative estimate of drug-likeness (QED) is 0.789. The van der Waals surface area contributed by atoms with Crippen LogP contribution in [0.15, 0.2) is 41.2 Å². The van der Waals surface area contributed by atoms with Crippen LogP contribution in [0.4, 0.5) is 0 Å². The highest BCUT2D eigenvalue weighted by atomic mass is 16.2. The van der Waals surface area contributed by atoms with Gasteiger partial charge in [0.05, 0.1) is 23.5 Å². The van der Waals surface area contributed by atoms with Crippen molar-refractivity contribution in [3.8, 4) is 11.3 Å². The van der Waals surface area contributed by atoms with Gasteiger partial charge in [0.25, 0.3) is 5.56 Å². The van der Waals surface area contributed by atoms with Crippen molar-refractivity contribution in [3.05, 3.63) is 58.0 Å². The van der Waals surface area contributed by atoms with Crippen LogP contribution in [0.2, 0.25) is 0 Å². The maximum Gasteiger partial charge on any atom is 0.277 e. The van der Waals surface area contributed by atoms with Gasteiger partial charge in [-0.15, -0.1) is 0 Å². The zero-order valence-corrected chi connectivity index (χ0v) is 15.0. The molecule has 1 aliphatic heterocycles. The molecule has 1 aromatic carbocycles. The summed E-state index contributed by atoms with van der Waals surface area (Å²) in [7, 11) is 0. The number of aromatic amines is 1. The molecule has 4 rings (SSSR count). The summed E-state index contributed by atoms with van der Waals surface area (Å²) in [6.07, 6.45) is 1.42. The lowest BCUT2D eigenvalue weighted by Gasteiger charge is -2.29. The Morgan fingerprint density at radius 1 is 1.31 bits per heavy atom. The number of nitrogens with zero attached hydrogens (tertiary/aromatic N) is 3. The topological polar surface area (TPSA) is 70.5 Å². The molecule has 1 atom stereocenters. The lowest BCUT2D eigenvalue weighted by atomic mass is 10.0. The molecule has 0 unspecified atom stereocenters. The zero-order chi connectivity index (χ0) is 18.3. The first kappa shape index (κ1) is 16.6. The first-order valence-corrected chi connectivity index (χ1v) is 9.06. The Bertz CT molecular complexity index is 1020. The first-order chi connectivity index (χ1) is 12.6. The highest BCUT2D eigenvalue weighted by Gasteiger charge is 2.27. The standard InChI is InChI=1S/C20H22N4O2/c1-3-13(2)19(25)23-10-9-16-15(12-23)20(26)24-18(21-16)11-17(22-24)14-7-5-4-6-8-14/h4-8,11,13,22H,3,9-10,12H2,1-2H3/t13-/m0/s1. The van der Waals surface area contributed by atoms with Gasteiger partial charge in [0.1, 0.15) is 0 Å². The molecule has 0 fully saturated rings. The van der Waals surface area contributed by atoms with Gasteiger partial charge in [-0.1, -0.05) is 44.2 Å². The maximum atomic E-state index is 13.0. The second kappa shape index (κ2) is 6.44. The largest absolute Gasteiger partial charge is 0.337 e. The Morgan fingerprint density at radius 3 is 2.81 bits per heavy atom. The number of hydrogen-bond donors (Lipinski definition) is 1. The number of benzene rings is 1. The number of amides is 1. The van der Waals surface area contributed by atoms with Gasteiger partial charge in [0, 0.05) is 24.9 Å². The molecular formula is C20H22N4O2. The number of H-pyrrole nitrogens is 1. The number of hydrogen-bond acceptors (Lipinski definition) is 3. The van der Waals surface area contributed by atoms with E-state index in [2.05, 4.69) is 10.1 Å². The van der Waals surface area contributed by atoms with E-state index >= 15 is 0 Å². The summed E-state index contributed by atoms with van der Waals surface area (Å²) in [5.41, 5.74) is 3.78. The van der Waals surface area contributed by atoms with Crippen LogP contribution in [-0.4, -0.2) is 31.9 Å². The molecule has 3 heterocycles. The van der Waals surface area contributed by atoms with Crippen molar-refractivity contribution in [3.63, 3.8) is 0 Å². The average Bonchev–Trinajstić information content (AvgIpc) is 3.12. The van der Waals surface area contributed by atoms with Crippen molar-refractivity contribution in [2.75, 3.05) is 6.54 Å². The van der Waals surface area contributed by atoms with Crippen LogP contribution in [0.1, 0.15) is 31.5 Å². The van der Waals surface area contributed by atoms with Gasteiger partial charge in [-0.25, -0.2) is 9.50 Å². The highest BCUT2D eigenvalue weighted by molar-refractivity contribution is 5.78. The molecule has 26 heavy (non-hydrogen) atoms. The van der Waals surface area contributed by atoms with Crippen molar-refractivity contribution >= 4 is 11.6 Å². The summed E-state index contributed by atoms with van der Waals surface area (Å²) in [5, 5.41) is 3.15. The minimum absolute atomic E-state index is 0.0221. The van der Waals surface area contributed by atoms with Crippen molar-refractivity contribution < 1.29 is 4.79 Å². The predicted octanol–water partition coefficient (Wildman–Crippen LogP) is 2.62. The van der Waals surface area contributed by atoms with Crippen LogP contribution in [0.25, 0.3) is 16.9 Å². The Morgan fingerprint density at radius 2 is 2.08 bits per heavy atom. The van der Waals surface area contributed by atoms with E-state index in [1.165, 1.54) is 4.52 Å². The third kappa shape index (κ3) is 2.71. The van der Waals surface area contributed by atoms with Gasteiger partial charge in [0.15, 0.2) is 5.65 Å². The highest BCUT2D eigenvalue weighted by Crippen LogP contribution is 2.21. The summed E-state index contributed by atoms with van der Waals surface area (Å²) in [5.74, 6) is 0.0882. The predicted molar refractivity (Wildman–Crippen MR) is 99.8 cm³/mol. The van der Waals surface area contributed by atoms with Gasteiger partial charge >= 0.3 is 0 Å². The second-order valence-corrected chi connectivity index (χ2v) is 6.89. The van der Waals surface area contributed by atoms with Crippen molar-refractivity contribution in [1.82, 2.24) is 19.5 Å². The van der Waals surface area contributed by atoms with E-state index in [0.29, 0.717) is 30.7 Å². The normalized spacial score (nSPS) is 15.1. The minimum Gasteiger partial charge on any atom is -0.337 e. The van der Waals surface area contributed by atoms with Crippen molar-refractivity contribution in [1.29, 1.82) is 0 Å². The molecule has 3 aromatic rings. The number of carbonyl (C=O) groups is 1. The number of rotatable bonds is 3. The molecule has 0 radical (unpaired) electrons. The van der Waals surface area contributed by atoms with Crippen LogP contribution >= 0.6 is 0 Å². The summed E-state index contributed by atoms with van der Waals surface area (Å²) >= 11 is 0. The Hall–Kier alpha value is -2.89. The second-order valence-electron chi connectivity index (χ2n) is 6.89. The third-order valence-electron chi connectivity index (χ3n) is 5.19. The van der Waals surface area contributed by atoms with E-state index in [-0.39, 0.29) is 17.4 Å². The molecule has 1 aliphatic rings. The molecule has 0 saturated carbocycles. The molecule has 1 N–H and O–H groups in total. The number of aromatic nitrogens is 3. The molecule has 6 heteroatoms. The van der Waals surface area contributed by atoms with Gasteiger partial charge in [-0.3, -0.25) is 14.7 Å². The van der Waals surface area contributed by atoms with Crippen LogP contribution in [0.3, 0.4) is 0 Å². The fraction of sp³-hybridized carbons (Fsp3) is 0.350. The average molecular weight is 350 g/mol. The van der Waals surface area contributed by atoms with Crippen LogP contribution in [0.5, 0.6) is 0 Å². The molecule has 134 valence electrons. The van der Waals surface area contributed by atoms with Crippen LogP contribution in [-0.2, 0) is 17.8 Å². The molecule has 0 saturated heterocycles. The molecule has 0 bridgehead atoms. The van der Waals surface area contributed by atoms with E-state index in [4.69, 9.17) is 0 Å². The molecule has 2 aromatic heterocycles. The monoisotopic (exact) mass is 350 g/mol. The Balaban J connectivity index is 1.74. The first-order valence-electron chi connectivity index (χ1n) is 9.06. The lowest BCUT2D eigenvalue weighted by molar-refractivity contribution is -0.136. The zero-order valence-electron chi connectivity index (χ0n) is 15.0. The summed E-state index contributed by atoms with van der Waals surface area (Å²) in [6.45, 7) is 4.90. The number of fused-ring (bicyclic) bond motifs is 2. The summed E-state index contributed by atoms with van der Waals surface area (Å²) in [4.78, 5) is 31.9. The van der Waals surface area contributed by atoms with Crippen LogP contribution in [0, 0.1) is 5.92 Å². The van der Waals surface area contributed by atoms with Crippen molar-refractivity contribution in [2.24, 2.45) is 5.92 Å². The molecule has 1 amide bonds. The summed E-state index contributed by atoms with van der Waals surface area (Å²) in [6, 6.07) is 11.7.